The molecule has 0 heteroatoms. The highest BCUT2D eigenvalue weighted by molar-refractivity contribution is 6.40. The highest BCUT2D eigenvalue weighted by Crippen LogP contribution is 2.52. The molecule has 0 unspecified atom stereocenters. The molecule has 0 aliphatic rings. The molecule has 0 heterocycles. The van der Waals surface area contributed by atoms with E-state index >= 15 is 0 Å². The number of rotatable bonds is 4. The summed E-state index contributed by atoms with van der Waals surface area (Å²) in [5.74, 6) is 0. The first-order valence-electron chi connectivity index (χ1n) is 25.8. The van der Waals surface area contributed by atoms with Crippen LogP contribution in [0.3, 0.4) is 0 Å². The Morgan fingerprint density at radius 1 is 0.149 bits per heavy atom. The average molecular weight is 933 g/mol. The van der Waals surface area contributed by atoms with Gasteiger partial charge in [-0.25, -0.2) is 0 Å². The van der Waals surface area contributed by atoms with Crippen molar-refractivity contribution in [3.8, 4) is 44.5 Å². The van der Waals surface area contributed by atoms with Crippen LogP contribution in [0.25, 0.3) is 163 Å². The van der Waals surface area contributed by atoms with E-state index in [0.717, 1.165) is 0 Å². The Morgan fingerprint density at radius 3 is 0.770 bits per heavy atom. The monoisotopic (exact) mass is 932 g/mol. The topological polar surface area (TPSA) is 0 Å². The van der Waals surface area contributed by atoms with Gasteiger partial charge in [-0.2, -0.15) is 0 Å². The Hall–Kier alpha value is -9.62. The summed E-state index contributed by atoms with van der Waals surface area (Å²) < 4.78 is 0. The Kier molecular flexibility index (Phi) is 8.84. The summed E-state index contributed by atoms with van der Waals surface area (Å²) >= 11 is 0. The quantitative estimate of drug-likeness (QED) is 0.154. The summed E-state index contributed by atoms with van der Waals surface area (Å²) in [6, 6.07) is 100. The van der Waals surface area contributed by atoms with Gasteiger partial charge in [0.15, 0.2) is 0 Å². The molecule has 0 spiro atoms. The third-order valence-electron chi connectivity index (χ3n) is 16.4. The smallest absolute Gasteiger partial charge is 0.00137 e. The van der Waals surface area contributed by atoms with Gasteiger partial charge < -0.3 is 0 Å². The summed E-state index contributed by atoms with van der Waals surface area (Å²) in [6.45, 7) is 0. The average Bonchev–Trinajstić information content (AvgIpc) is 3.54. The lowest BCUT2D eigenvalue weighted by Gasteiger charge is -2.22. The molecule has 16 rings (SSSR count). The van der Waals surface area contributed by atoms with Gasteiger partial charge in [0, 0.05) is 0 Å². The van der Waals surface area contributed by atoms with Gasteiger partial charge in [0.2, 0.25) is 0 Å². The molecule has 0 nitrogen and oxygen atoms in total. The Labute approximate surface area is 427 Å². The van der Waals surface area contributed by atoms with Crippen molar-refractivity contribution in [2.24, 2.45) is 0 Å². The number of benzene rings is 16. The lowest BCUT2D eigenvalue weighted by Crippen LogP contribution is -1.94. The van der Waals surface area contributed by atoms with Crippen LogP contribution in [0.4, 0.5) is 0 Å². The van der Waals surface area contributed by atoms with Crippen molar-refractivity contribution in [1.82, 2.24) is 0 Å². The maximum absolute atomic E-state index is 2.53. The Morgan fingerprint density at radius 2 is 0.405 bits per heavy atom. The molecule has 74 heavy (non-hydrogen) atoms. The van der Waals surface area contributed by atoms with Crippen LogP contribution in [-0.4, -0.2) is 0 Å². The van der Waals surface area contributed by atoms with Crippen molar-refractivity contribution >= 4 is 118 Å². The van der Waals surface area contributed by atoms with E-state index in [-0.39, 0.29) is 0 Å². The predicted octanol–water partition coefficient (Wildman–Crippen LogP) is 21.0. The molecule has 0 atom stereocenters. The lowest BCUT2D eigenvalue weighted by atomic mass is 9.81. The van der Waals surface area contributed by atoms with Crippen LogP contribution < -0.4 is 0 Å². The minimum absolute atomic E-state index is 1.21. The van der Waals surface area contributed by atoms with E-state index < -0.39 is 0 Å². The first-order valence-corrected chi connectivity index (χ1v) is 25.8. The van der Waals surface area contributed by atoms with Gasteiger partial charge in [0.25, 0.3) is 0 Å². The molecule has 0 radical (unpaired) electrons. The highest BCUT2D eigenvalue weighted by Gasteiger charge is 2.24. The van der Waals surface area contributed by atoms with E-state index in [9.17, 15) is 0 Å². The number of hydrogen-bond acceptors (Lipinski definition) is 0. The molecule has 0 amide bonds. The molecule has 16 aromatic carbocycles. The van der Waals surface area contributed by atoms with E-state index in [0.29, 0.717) is 0 Å². The van der Waals surface area contributed by atoms with Crippen LogP contribution in [0.1, 0.15) is 0 Å². The molecule has 0 aliphatic carbocycles. The summed E-state index contributed by atoms with van der Waals surface area (Å²) in [5, 5.41) is 27.7. The molecule has 0 N–H and O–H groups in total. The van der Waals surface area contributed by atoms with Gasteiger partial charge in [-0.05, 0) is 175 Å². The molecule has 0 aliphatic heterocycles. The first-order chi connectivity index (χ1) is 36.8. The lowest BCUT2D eigenvalue weighted by molar-refractivity contribution is 1.67. The van der Waals surface area contributed by atoms with Crippen molar-refractivity contribution in [2.75, 3.05) is 0 Å². The largest absolute Gasteiger partial charge is 0.0616 e. The molecule has 0 aromatic heterocycles. The van der Waals surface area contributed by atoms with Crippen LogP contribution in [-0.2, 0) is 0 Å². The van der Waals surface area contributed by atoms with Crippen molar-refractivity contribution in [2.45, 2.75) is 0 Å². The molecular formula is C74H44. The van der Waals surface area contributed by atoms with Gasteiger partial charge >= 0.3 is 0 Å². The number of hydrogen-bond donors (Lipinski definition) is 0. The molecule has 0 bridgehead atoms. The molecule has 0 saturated heterocycles. The summed E-state index contributed by atoms with van der Waals surface area (Å²) in [4.78, 5) is 0. The maximum atomic E-state index is 2.53. The van der Waals surface area contributed by atoms with Crippen LogP contribution in [0.2, 0.25) is 0 Å². The van der Waals surface area contributed by atoms with Crippen molar-refractivity contribution in [1.29, 1.82) is 0 Å². The summed E-state index contributed by atoms with van der Waals surface area (Å²) in [6.07, 6.45) is 0. The fourth-order valence-corrected chi connectivity index (χ4v) is 13.3. The minimum Gasteiger partial charge on any atom is -0.0616 e. The summed E-state index contributed by atoms with van der Waals surface area (Å²) in [5.41, 5.74) is 9.97. The maximum Gasteiger partial charge on any atom is -0.00137 e. The van der Waals surface area contributed by atoms with Gasteiger partial charge in [-0.15, -0.1) is 0 Å². The normalized spacial score (nSPS) is 12.1. The first kappa shape index (κ1) is 41.0. The second kappa shape index (κ2) is 15.9. The second-order valence-electron chi connectivity index (χ2n) is 20.1. The van der Waals surface area contributed by atoms with Gasteiger partial charge in [0.05, 0.1) is 0 Å². The van der Waals surface area contributed by atoms with Crippen molar-refractivity contribution < 1.29 is 0 Å². The van der Waals surface area contributed by atoms with Crippen LogP contribution in [0.5, 0.6) is 0 Å². The Bertz CT molecular complexity index is 4740. The van der Waals surface area contributed by atoms with E-state index in [1.165, 1.54) is 163 Å². The van der Waals surface area contributed by atoms with Crippen molar-refractivity contribution in [3.05, 3.63) is 267 Å². The zero-order valence-electron chi connectivity index (χ0n) is 40.4. The van der Waals surface area contributed by atoms with Gasteiger partial charge in [0.1, 0.15) is 0 Å². The van der Waals surface area contributed by atoms with E-state index in [2.05, 4.69) is 267 Å². The highest BCUT2D eigenvalue weighted by atomic mass is 14.3. The van der Waals surface area contributed by atoms with Crippen molar-refractivity contribution in [3.63, 3.8) is 0 Å². The van der Waals surface area contributed by atoms with Gasteiger partial charge in [-0.1, -0.05) is 255 Å². The van der Waals surface area contributed by atoms with Crippen LogP contribution in [0, 0.1) is 0 Å². The zero-order valence-corrected chi connectivity index (χ0v) is 40.4. The second-order valence-corrected chi connectivity index (χ2v) is 20.1. The third-order valence-corrected chi connectivity index (χ3v) is 16.4. The molecule has 340 valence electrons. The van der Waals surface area contributed by atoms with Crippen LogP contribution >= 0.6 is 0 Å². The van der Waals surface area contributed by atoms with E-state index in [1.807, 2.05) is 0 Å². The molecular weight excluding hydrogens is 889 g/mol. The SMILES string of the molecule is c1ccc2c(-c3c(-c4ccc5c6ccccc6c6c7cc(-c8c(-c9cccc%10ccccc9%10)c9ccccc9c9ccccc89)ccc7c7ccccc7c6c5c4)c4ccccc4c4ccccc34)cccc2c1. The van der Waals surface area contributed by atoms with E-state index in [1.54, 1.807) is 0 Å². The molecule has 16 aromatic rings. The van der Waals surface area contributed by atoms with Crippen LogP contribution in [0.15, 0.2) is 267 Å². The zero-order chi connectivity index (χ0) is 48.4. The number of fused-ring (bicyclic) bond motifs is 19. The standard InChI is InChI=1S/C74H44/c1-3-23-49-45(19-1)21-17-37-59(49)71-63-33-13-7-27-53(63)51-25-5-11-31-61(51)69(71)47-39-41-57-55-29-9-16-36-66(55)74-68-44-48(40-42-58(68)56-30-10-15-35-65(56)73(74)67(57)43-47)70-62-32-12-6-26-52(62)54-28-8-14-34-64(54)72(70)60-38-18-22-46-20-2-4-24-50(46)60/h1-44H. The molecule has 0 saturated carbocycles. The fraction of sp³-hybridized carbons (Fsp3) is 0. The third kappa shape index (κ3) is 5.85. The fourth-order valence-electron chi connectivity index (χ4n) is 13.3. The molecule has 0 fully saturated rings. The summed E-state index contributed by atoms with van der Waals surface area (Å²) in [7, 11) is 0. The Balaban J connectivity index is 1.07. The minimum atomic E-state index is 1.21. The van der Waals surface area contributed by atoms with E-state index in [4.69, 9.17) is 0 Å². The predicted molar refractivity (Wildman–Crippen MR) is 321 cm³/mol. The van der Waals surface area contributed by atoms with Gasteiger partial charge in [-0.3, -0.25) is 0 Å².